The maximum absolute atomic E-state index is 13.9. The maximum Gasteiger partial charge on any atom is 0.408 e. The lowest BCUT2D eigenvalue weighted by Gasteiger charge is -2.39. The van der Waals surface area contributed by atoms with Gasteiger partial charge in [0, 0.05) is 18.8 Å². The SMILES string of the molecule is CC(C)C[C@H](NC(=O)OC(C)(C)C)C(=O)N(N1C[C@@H](O)CCC[C@H]1C)S(=O)(=O)c1ccccn1. The summed E-state index contributed by atoms with van der Waals surface area (Å²) < 4.78 is 33.4. The number of aliphatic hydroxyl groups is 1. The lowest BCUT2D eigenvalue weighted by molar-refractivity contribution is -0.144. The minimum absolute atomic E-state index is 0.0320. The van der Waals surface area contributed by atoms with Crippen molar-refractivity contribution in [2.75, 3.05) is 6.54 Å². The number of carbonyl (C=O) groups excluding carboxylic acids is 2. The number of nitrogens with zero attached hydrogens (tertiary/aromatic N) is 3. The van der Waals surface area contributed by atoms with Crippen LogP contribution >= 0.6 is 0 Å². The Kier molecular flexibility index (Phi) is 9.44. The second-order valence-electron chi connectivity index (χ2n) is 10.1. The minimum atomic E-state index is -4.43. The molecule has 1 aromatic rings. The van der Waals surface area contributed by atoms with Crippen molar-refractivity contribution in [3.63, 3.8) is 0 Å². The highest BCUT2D eigenvalue weighted by Gasteiger charge is 2.43. The summed E-state index contributed by atoms with van der Waals surface area (Å²) in [7, 11) is -4.43. The van der Waals surface area contributed by atoms with Gasteiger partial charge < -0.3 is 15.2 Å². The summed E-state index contributed by atoms with van der Waals surface area (Å²) in [4.78, 5) is 30.4. The molecule has 2 amide bonds. The Bertz CT molecular complexity index is 933. The van der Waals surface area contributed by atoms with E-state index in [1.54, 1.807) is 26.8 Å². The Balaban J connectivity index is 2.53. The number of aliphatic hydroxyl groups excluding tert-OH is 1. The van der Waals surface area contributed by atoms with E-state index in [1.165, 1.54) is 23.3 Å². The molecule has 0 aliphatic carbocycles. The highest BCUT2D eigenvalue weighted by atomic mass is 32.2. The summed E-state index contributed by atoms with van der Waals surface area (Å²) >= 11 is 0. The van der Waals surface area contributed by atoms with Crippen LogP contribution < -0.4 is 5.32 Å². The minimum Gasteiger partial charge on any atom is -0.444 e. The van der Waals surface area contributed by atoms with E-state index >= 15 is 0 Å². The summed E-state index contributed by atoms with van der Waals surface area (Å²) in [6.45, 7) is 10.6. The van der Waals surface area contributed by atoms with Crippen molar-refractivity contribution < 1.29 is 27.9 Å². The van der Waals surface area contributed by atoms with Gasteiger partial charge in [0.25, 0.3) is 15.9 Å². The molecule has 1 aromatic heterocycles. The third kappa shape index (κ3) is 7.64. The topological polar surface area (TPSA) is 129 Å². The molecule has 2 heterocycles. The van der Waals surface area contributed by atoms with Crippen LogP contribution in [0.3, 0.4) is 0 Å². The van der Waals surface area contributed by atoms with Crippen LogP contribution in [0.4, 0.5) is 4.79 Å². The third-order valence-electron chi connectivity index (χ3n) is 5.31. The Labute approximate surface area is 202 Å². The van der Waals surface area contributed by atoms with E-state index in [4.69, 9.17) is 4.74 Å². The van der Waals surface area contributed by atoms with Crippen LogP contribution in [0.25, 0.3) is 0 Å². The van der Waals surface area contributed by atoms with Crippen molar-refractivity contribution in [1.29, 1.82) is 0 Å². The fourth-order valence-corrected chi connectivity index (χ4v) is 5.28. The fourth-order valence-electron chi connectivity index (χ4n) is 3.79. The van der Waals surface area contributed by atoms with Gasteiger partial charge in [0.05, 0.1) is 6.10 Å². The number of sulfonamides is 1. The monoisotopic (exact) mass is 498 g/mol. The molecule has 0 unspecified atom stereocenters. The summed E-state index contributed by atoms with van der Waals surface area (Å²) in [6.07, 6.45) is 1.69. The number of rotatable bonds is 7. The molecule has 2 N–H and O–H groups in total. The molecule has 1 aliphatic heterocycles. The van der Waals surface area contributed by atoms with Crippen LogP contribution in [0.2, 0.25) is 0 Å². The highest BCUT2D eigenvalue weighted by molar-refractivity contribution is 7.89. The largest absolute Gasteiger partial charge is 0.444 e. The predicted molar refractivity (Wildman–Crippen MR) is 127 cm³/mol. The van der Waals surface area contributed by atoms with E-state index in [1.807, 2.05) is 20.8 Å². The lowest BCUT2D eigenvalue weighted by atomic mass is 10.0. The number of nitrogens with one attached hydrogen (secondary N) is 1. The van der Waals surface area contributed by atoms with Crippen molar-refractivity contribution >= 4 is 22.0 Å². The van der Waals surface area contributed by atoms with Gasteiger partial charge in [-0.05, 0) is 71.4 Å². The summed E-state index contributed by atoms with van der Waals surface area (Å²) in [5.41, 5.74) is -0.793. The zero-order valence-electron chi connectivity index (χ0n) is 20.9. The van der Waals surface area contributed by atoms with Crippen LogP contribution in [0.15, 0.2) is 29.4 Å². The van der Waals surface area contributed by atoms with Crippen molar-refractivity contribution in [3.8, 4) is 0 Å². The van der Waals surface area contributed by atoms with E-state index < -0.39 is 39.8 Å². The zero-order chi connectivity index (χ0) is 25.7. The van der Waals surface area contributed by atoms with Crippen molar-refractivity contribution in [2.24, 2.45) is 5.92 Å². The molecule has 1 aliphatic rings. The van der Waals surface area contributed by atoms with Crippen LogP contribution in [0.1, 0.15) is 67.2 Å². The van der Waals surface area contributed by atoms with E-state index in [0.29, 0.717) is 23.7 Å². The molecule has 34 heavy (non-hydrogen) atoms. The van der Waals surface area contributed by atoms with Crippen molar-refractivity contribution in [3.05, 3.63) is 24.4 Å². The zero-order valence-corrected chi connectivity index (χ0v) is 21.7. The normalized spacial score (nSPS) is 20.9. The number of β-amino-alcohol motifs (C(OH)–C–C–N with tert-alkyl or cyclic N) is 1. The number of alkyl carbamates (subject to hydrolysis) is 1. The molecule has 2 rings (SSSR count). The van der Waals surface area contributed by atoms with Crippen LogP contribution in [0.5, 0.6) is 0 Å². The summed E-state index contributed by atoms with van der Waals surface area (Å²) in [5, 5.41) is 14.1. The van der Waals surface area contributed by atoms with Crippen molar-refractivity contribution in [1.82, 2.24) is 19.7 Å². The van der Waals surface area contributed by atoms with Crippen LogP contribution in [-0.4, -0.2) is 70.3 Å². The van der Waals surface area contributed by atoms with E-state index in [-0.39, 0.29) is 30.0 Å². The number of ether oxygens (including phenoxy) is 1. The molecule has 0 bridgehead atoms. The highest BCUT2D eigenvalue weighted by Crippen LogP contribution is 2.26. The maximum atomic E-state index is 13.9. The molecular formula is C23H38N4O6S. The van der Waals surface area contributed by atoms with Gasteiger partial charge in [-0.2, -0.15) is 17.8 Å². The number of hydrazine groups is 1. The van der Waals surface area contributed by atoms with Gasteiger partial charge >= 0.3 is 6.09 Å². The quantitative estimate of drug-likeness (QED) is 0.587. The Morgan fingerprint density at radius 1 is 1.29 bits per heavy atom. The van der Waals surface area contributed by atoms with Crippen LogP contribution in [-0.2, 0) is 19.6 Å². The second kappa shape index (κ2) is 11.5. The molecular weight excluding hydrogens is 460 g/mol. The summed E-state index contributed by atoms with van der Waals surface area (Å²) in [6, 6.07) is 2.90. The van der Waals surface area contributed by atoms with Gasteiger partial charge in [0.15, 0.2) is 5.03 Å². The summed E-state index contributed by atoms with van der Waals surface area (Å²) in [5.74, 6) is -0.860. The fraction of sp³-hybridized carbons (Fsp3) is 0.696. The van der Waals surface area contributed by atoms with Gasteiger partial charge in [0.2, 0.25) is 0 Å². The molecule has 10 nitrogen and oxygen atoms in total. The first kappa shape index (κ1) is 28.0. The molecule has 0 radical (unpaired) electrons. The van der Waals surface area contributed by atoms with E-state index in [9.17, 15) is 23.1 Å². The Hall–Kier alpha value is -2.24. The number of amides is 2. The van der Waals surface area contributed by atoms with Gasteiger partial charge in [0.1, 0.15) is 11.6 Å². The first-order chi connectivity index (χ1) is 15.7. The van der Waals surface area contributed by atoms with Gasteiger partial charge in [-0.3, -0.25) is 4.79 Å². The molecule has 1 fully saturated rings. The predicted octanol–water partition coefficient (Wildman–Crippen LogP) is 2.69. The third-order valence-corrected chi connectivity index (χ3v) is 6.93. The molecule has 0 spiro atoms. The van der Waals surface area contributed by atoms with E-state index in [0.717, 1.165) is 0 Å². The van der Waals surface area contributed by atoms with Gasteiger partial charge in [-0.15, -0.1) is 0 Å². The molecule has 192 valence electrons. The van der Waals surface area contributed by atoms with Gasteiger partial charge in [-0.25, -0.2) is 9.78 Å². The van der Waals surface area contributed by atoms with E-state index in [2.05, 4.69) is 10.3 Å². The Morgan fingerprint density at radius 2 is 1.97 bits per heavy atom. The smallest absolute Gasteiger partial charge is 0.408 e. The number of carbonyl (C=O) groups is 2. The number of hydrogen-bond donors (Lipinski definition) is 2. The molecule has 0 aromatic carbocycles. The first-order valence-corrected chi connectivity index (χ1v) is 13.1. The average Bonchev–Trinajstić information content (AvgIpc) is 2.87. The lowest BCUT2D eigenvalue weighted by Crippen LogP contribution is -2.60. The number of aromatic nitrogens is 1. The molecule has 1 saturated heterocycles. The molecule has 11 heteroatoms. The molecule has 3 atom stereocenters. The standard InChI is InChI=1S/C23H38N4O6S/c1-16(2)14-19(25-22(30)33-23(4,5)6)21(29)27(26-15-18(28)11-9-10-17(26)3)34(31,32)20-12-7-8-13-24-20/h7-8,12-13,16-19,28H,9-11,14-15H2,1-6H3,(H,25,30)/t17-,18+,19+/m1/s1. The average molecular weight is 499 g/mol. The van der Waals surface area contributed by atoms with Crippen molar-refractivity contribution in [2.45, 2.75) is 96.0 Å². The Morgan fingerprint density at radius 3 is 2.53 bits per heavy atom. The second-order valence-corrected chi connectivity index (χ2v) is 11.9. The number of hydrogen-bond acceptors (Lipinski definition) is 8. The first-order valence-electron chi connectivity index (χ1n) is 11.7. The van der Waals surface area contributed by atoms with Gasteiger partial charge in [-0.1, -0.05) is 19.9 Å². The van der Waals surface area contributed by atoms with Crippen LogP contribution in [0, 0.1) is 5.92 Å². The molecule has 0 saturated carbocycles. The number of pyridine rings is 1.